The Kier molecular flexibility index (Phi) is 2.89. The fourth-order valence-electron chi connectivity index (χ4n) is 1.16. The van der Waals surface area contributed by atoms with Gasteiger partial charge in [-0.2, -0.15) is 0 Å². The van der Waals surface area contributed by atoms with Gasteiger partial charge >= 0.3 is 0 Å². The first-order valence-corrected chi connectivity index (χ1v) is 4.77. The van der Waals surface area contributed by atoms with Crippen molar-refractivity contribution >= 4 is 0 Å². The van der Waals surface area contributed by atoms with Crippen LogP contribution >= 0.6 is 0 Å². The number of furan rings is 1. The molecule has 0 atom stereocenters. The first-order valence-electron chi connectivity index (χ1n) is 4.77. The van der Waals surface area contributed by atoms with E-state index in [-0.39, 0.29) is 0 Å². The zero-order valence-electron chi connectivity index (χ0n) is 8.29. The lowest BCUT2D eigenvalue weighted by Gasteiger charge is -1.97. The van der Waals surface area contributed by atoms with Gasteiger partial charge in [0, 0.05) is 6.07 Å². The molecular formula is C11H14O3. The van der Waals surface area contributed by atoms with Crippen molar-refractivity contribution in [1.82, 2.24) is 0 Å². The molecule has 0 unspecified atom stereocenters. The highest BCUT2D eigenvalue weighted by molar-refractivity contribution is 5.16. The second kappa shape index (κ2) is 4.33. The largest absolute Gasteiger partial charge is 0.468 e. The summed E-state index contributed by atoms with van der Waals surface area (Å²) >= 11 is 0. The molecule has 0 aliphatic heterocycles. The number of hydrogen-bond acceptors (Lipinski definition) is 3. The van der Waals surface area contributed by atoms with E-state index in [0.29, 0.717) is 19.2 Å². The molecule has 1 aromatic heterocycles. The molecule has 0 amide bonds. The van der Waals surface area contributed by atoms with Crippen molar-refractivity contribution in [2.45, 2.75) is 19.4 Å². The Labute approximate surface area is 83.3 Å². The highest BCUT2D eigenvalue weighted by atomic mass is 16.6. The number of allylic oxidation sites excluding steroid dienone is 1. The quantitative estimate of drug-likeness (QED) is 0.533. The van der Waals surface area contributed by atoms with Gasteiger partial charge in [0.15, 0.2) is 0 Å². The molecule has 1 heterocycles. The van der Waals surface area contributed by atoms with E-state index >= 15 is 0 Å². The molecule has 3 nitrogen and oxygen atoms in total. The smallest absolute Gasteiger partial charge is 0.284 e. The van der Waals surface area contributed by atoms with Gasteiger partial charge in [0.05, 0.1) is 13.7 Å². The molecule has 1 aliphatic rings. The Balaban J connectivity index is 1.71. The molecule has 0 saturated heterocycles. The molecule has 0 radical (unpaired) electrons. The summed E-state index contributed by atoms with van der Waals surface area (Å²) in [7, 11) is 1.58. The molecule has 3 heteroatoms. The van der Waals surface area contributed by atoms with Crippen LogP contribution in [0.25, 0.3) is 0 Å². The van der Waals surface area contributed by atoms with Gasteiger partial charge in [-0.05, 0) is 18.9 Å². The first kappa shape index (κ1) is 9.34. The fourth-order valence-corrected chi connectivity index (χ4v) is 1.16. The summed E-state index contributed by atoms with van der Waals surface area (Å²) < 4.78 is 15.6. The third kappa shape index (κ3) is 2.64. The normalized spacial score (nSPS) is 14.2. The lowest BCUT2D eigenvalue weighted by atomic mass is 10.5. The van der Waals surface area contributed by atoms with Gasteiger partial charge in [-0.25, -0.2) is 0 Å². The molecule has 0 aromatic carbocycles. The summed E-state index contributed by atoms with van der Waals surface area (Å²) in [4.78, 5) is 0. The summed E-state index contributed by atoms with van der Waals surface area (Å²) in [5.74, 6) is 1.33. The van der Waals surface area contributed by atoms with Crippen molar-refractivity contribution in [2.24, 2.45) is 0 Å². The maximum atomic E-state index is 5.40. The van der Waals surface area contributed by atoms with Crippen LogP contribution in [0.5, 0.6) is 5.95 Å². The van der Waals surface area contributed by atoms with Gasteiger partial charge in [-0.3, -0.25) is 0 Å². The summed E-state index contributed by atoms with van der Waals surface area (Å²) in [5, 5.41) is 0. The average Bonchev–Trinajstić information content (AvgIpc) is 2.91. The summed E-state index contributed by atoms with van der Waals surface area (Å²) in [6.45, 7) is 1.19. The predicted octanol–water partition coefficient (Wildman–Crippen LogP) is 2.53. The van der Waals surface area contributed by atoms with E-state index in [9.17, 15) is 0 Å². The number of ether oxygens (including phenoxy) is 2. The molecule has 1 fully saturated rings. The van der Waals surface area contributed by atoms with Crippen molar-refractivity contribution < 1.29 is 13.9 Å². The van der Waals surface area contributed by atoms with E-state index in [0.717, 1.165) is 5.76 Å². The standard InChI is InChI=1S/C11H14O3/c1-12-11-5-4-10(14-11)8-13-7-6-9-2-3-9/h4-6H,2-3,7-8H2,1H3. The molecule has 76 valence electrons. The van der Waals surface area contributed by atoms with Crippen LogP contribution in [0.3, 0.4) is 0 Å². The minimum atomic E-state index is 0.507. The van der Waals surface area contributed by atoms with Crippen LogP contribution in [-0.4, -0.2) is 13.7 Å². The minimum Gasteiger partial charge on any atom is -0.468 e. The minimum absolute atomic E-state index is 0.507. The molecule has 0 spiro atoms. The average molecular weight is 194 g/mol. The van der Waals surface area contributed by atoms with Crippen LogP contribution in [0.4, 0.5) is 0 Å². The monoisotopic (exact) mass is 194 g/mol. The van der Waals surface area contributed by atoms with E-state index in [4.69, 9.17) is 13.9 Å². The van der Waals surface area contributed by atoms with Crippen molar-refractivity contribution in [2.75, 3.05) is 13.7 Å². The fraction of sp³-hybridized carbons (Fsp3) is 0.455. The SMILES string of the molecule is COc1ccc(COCC=C2CC2)o1. The van der Waals surface area contributed by atoms with Gasteiger partial charge in [0.25, 0.3) is 5.95 Å². The van der Waals surface area contributed by atoms with E-state index in [1.165, 1.54) is 18.4 Å². The van der Waals surface area contributed by atoms with E-state index in [2.05, 4.69) is 6.08 Å². The van der Waals surface area contributed by atoms with E-state index < -0.39 is 0 Å². The summed E-state index contributed by atoms with van der Waals surface area (Å²) in [6.07, 6.45) is 4.63. The summed E-state index contributed by atoms with van der Waals surface area (Å²) in [6, 6.07) is 3.65. The molecule has 1 aromatic rings. The second-order valence-corrected chi connectivity index (χ2v) is 3.30. The molecular weight excluding hydrogens is 180 g/mol. The van der Waals surface area contributed by atoms with Crippen LogP contribution in [0, 0.1) is 0 Å². The Morgan fingerprint density at radius 1 is 1.43 bits per heavy atom. The van der Waals surface area contributed by atoms with Crippen LogP contribution in [0.1, 0.15) is 18.6 Å². The lowest BCUT2D eigenvalue weighted by Crippen LogP contribution is -1.90. The third-order valence-electron chi connectivity index (χ3n) is 2.11. The maximum absolute atomic E-state index is 5.40. The highest BCUT2D eigenvalue weighted by Gasteiger charge is 2.09. The molecule has 1 aliphatic carbocycles. The molecule has 0 N–H and O–H groups in total. The number of rotatable bonds is 5. The highest BCUT2D eigenvalue weighted by Crippen LogP contribution is 2.27. The van der Waals surface area contributed by atoms with Gasteiger partial charge in [-0.15, -0.1) is 0 Å². The van der Waals surface area contributed by atoms with Gasteiger partial charge in [0.1, 0.15) is 12.4 Å². The summed E-state index contributed by atoms with van der Waals surface area (Å²) in [5.41, 5.74) is 1.50. The van der Waals surface area contributed by atoms with E-state index in [1.54, 1.807) is 13.2 Å². The van der Waals surface area contributed by atoms with Crippen LogP contribution in [-0.2, 0) is 11.3 Å². The Bertz CT molecular complexity index is 319. The number of methoxy groups -OCH3 is 1. The van der Waals surface area contributed by atoms with Crippen molar-refractivity contribution in [3.63, 3.8) is 0 Å². The molecule has 0 bridgehead atoms. The van der Waals surface area contributed by atoms with Gasteiger partial charge < -0.3 is 13.9 Å². The Morgan fingerprint density at radius 3 is 2.93 bits per heavy atom. The zero-order valence-corrected chi connectivity index (χ0v) is 8.29. The van der Waals surface area contributed by atoms with Gasteiger partial charge in [-0.1, -0.05) is 11.6 Å². The van der Waals surface area contributed by atoms with Crippen LogP contribution < -0.4 is 4.74 Å². The third-order valence-corrected chi connectivity index (χ3v) is 2.11. The maximum Gasteiger partial charge on any atom is 0.284 e. The zero-order chi connectivity index (χ0) is 9.80. The molecule has 1 saturated carbocycles. The number of hydrogen-bond donors (Lipinski definition) is 0. The Hall–Kier alpha value is -1.22. The van der Waals surface area contributed by atoms with Crippen molar-refractivity contribution in [1.29, 1.82) is 0 Å². The van der Waals surface area contributed by atoms with E-state index in [1.807, 2.05) is 6.07 Å². The lowest BCUT2D eigenvalue weighted by molar-refractivity contribution is 0.127. The van der Waals surface area contributed by atoms with Crippen molar-refractivity contribution in [3.05, 3.63) is 29.5 Å². The predicted molar refractivity (Wildman–Crippen MR) is 52.2 cm³/mol. The van der Waals surface area contributed by atoms with Crippen LogP contribution in [0.15, 0.2) is 28.2 Å². The molecule has 2 rings (SSSR count). The van der Waals surface area contributed by atoms with Crippen LogP contribution in [0.2, 0.25) is 0 Å². The van der Waals surface area contributed by atoms with Crippen molar-refractivity contribution in [3.8, 4) is 5.95 Å². The molecule has 14 heavy (non-hydrogen) atoms. The Morgan fingerprint density at radius 2 is 2.29 bits per heavy atom. The van der Waals surface area contributed by atoms with Gasteiger partial charge in [0.2, 0.25) is 0 Å². The topological polar surface area (TPSA) is 31.6 Å². The second-order valence-electron chi connectivity index (χ2n) is 3.30. The first-order chi connectivity index (χ1) is 6.88.